The molecule has 0 spiro atoms. The smallest absolute Gasteiger partial charge is 0.345 e. The lowest BCUT2D eigenvalue weighted by Gasteiger charge is -2.05. The van der Waals surface area contributed by atoms with E-state index in [1.165, 1.54) is 6.20 Å². The third-order valence-corrected chi connectivity index (χ3v) is 2.72. The maximum Gasteiger partial charge on any atom is 0.345 e. The average Bonchev–Trinajstić information content (AvgIpc) is 2.33. The van der Waals surface area contributed by atoms with Gasteiger partial charge < -0.3 is 10.5 Å². The van der Waals surface area contributed by atoms with Gasteiger partial charge in [0.05, 0.1) is 10.0 Å². The van der Waals surface area contributed by atoms with Crippen LogP contribution in [0, 0.1) is 0 Å². The zero-order valence-corrected chi connectivity index (χ0v) is 10.3. The number of rotatable bonds is 2. The van der Waals surface area contributed by atoms with Crippen LogP contribution in [0.1, 0.15) is 10.4 Å². The minimum absolute atomic E-state index is 0.356. The molecule has 0 aliphatic carbocycles. The molecule has 1 aromatic heterocycles. The Balaban J connectivity index is 2.17. The highest BCUT2D eigenvalue weighted by Gasteiger charge is 2.10. The fourth-order valence-electron chi connectivity index (χ4n) is 1.21. The summed E-state index contributed by atoms with van der Waals surface area (Å²) in [6.07, 6.45) is 1.38. The number of hydrogen-bond donors (Lipinski definition) is 1. The van der Waals surface area contributed by atoms with Gasteiger partial charge in [-0.05, 0) is 40.2 Å². The summed E-state index contributed by atoms with van der Waals surface area (Å²) in [6, 6.07) is 10.2. The number of anilines is 1. The van der Waals surface area contributed by atoms with E-state index < -0.39 is 5.97 Å². The minimum atomic E-state index is -0.468. The van der Waals surface area contributed by atoms with Gasteiger partial charge in [0.2, 0.25) is 0 Å². The van der Waals surface area contributed by atoms with Gasteiger partial charge in [-0.1, -0.05) is 12.1 Å². The van der Waals surface area contributed by atoms with Gasteiger partial charge in [-0.25, -0.2) is 9.78 Å². The van der Waals surface area contributed by atoms with E-state index in [0.29, 0.717) is 17.1 Å². The quantitative estimate of drug-likeness (QED) is 0.683. The van der Waals surface area contributed by atoms with E-state index in [0.717, 1.165) is 4.47 Å². The number of hydrogen-bond acceptors (Lipinski definition) is 4. The van der Waals surface area contributed by atoms with Gasteiger partial charge in [0.15, 0.2) is 0 Å². The van der Waals surface area contributed by atoms with E-state index in [2.05, 4.69) is 20.9 Å². The molecule has 0 aliphatic heterocycles. The fraction of sp³-hybridized carbons (Fsp3) is 0. The number of nitrogen functional groups attached to an aromatic ring is 1. The Bertz CT molecular complexity index is 540. The molecule has 86 valence electrons. The van der Waals surface area contributed by atoms with Crippen LogP contribution in [-0.4, -0.2) is 11.0 Å². The summed E-state index contributed by atoms with van der Waals surface area (Å²) in [5, 5.41) is 0. The first-order chi connectivity index (χ1) is 8.16. The molecule has 1 aromatic carbocycles. The van der Waals surface area contributed by atoms with Crippen molar-refractivity contribution in [2.75, 3.05) is 5.73 Å². The van der Waals surface area contributed by atoms with E-state index >= 15 is 0 Å². The van der Waals surface area contributed by atoms with Gasteiger partial charge in [0.1, 0.15) is 11.6 Å². The van der Waals surface area contributed by atoms with E-state index in [1.807, 2.05) is 6.07 Å². The predicted octanol–water partition coefficient (Wildman–Crippen LogP) is 2.65. The van der Waals surface area contributed by atoms with Crippen molar-refractivity contribution in [2.45, 2.75) is 0 Å². The summed E-state index contributed by atoms with van der Waals surface area (Å²) < 4.78 is 5.92. The molecule has 17 heavy (non-hydrogen) atoms. The summed E-state index contributed by atoms with van der Waals surface area (Å²) in [6.45, 7) is 0. The molecule has 2 aromatic rings. The van der Waals surface area contributed by atoms with Crippen LogP contribution < -0.4 is 10.5 Å². The number of aromatic nitrogens is 1. The van der Waals surface area contributed by atoms with Crippen LogP contribution in [0.15, 0.2) is 47.1 Å². The Morgan fingerprint density at radius 2 is 2.00 bits per heavy atom. The SMILES string of the molecule is Nc1ccc(C(=O)Oc2ccccc2Br)cn1. The molecule has 0 amide bonds. The van der Waals surface area contributed by atoms with Gasteiger partial charge in [0, 0.05) is 6.20 Å². The molecule has 0 saturated carbocycles. The molecule has 4 nitrogen and oxygen atoms in total. The Labute approximate surface area is 107 Å². The highest BCUT2D eigenvalue weighted by Crippen LogP contribution is 2.24. The van der Waals surface area contributed by atoms with Crippen LogP contribution in [0.4, 0.5) is 5.82 Å². The van der Waals surface area contributed by atoms with Gasteiger partial charge >= 0.3 is 5.97 Å². The Morgan fingerprint density at radius 1 is 1.24 bits per heavy atom. The second-order valence-electron chi connectivity index (χ2n) is 3.29. The lowest BCUT2D eigenvalue weighted by Crippen LogP contribution is -2.09. The summed E-state index contributed by atoms with van der Waals surface area (Å²) >= 11 is 3.30. The molecular weight excluding hydrogens is 284 g/mol. The van der Waals surface area contributed by atoms with Crippen molar-refractivity contribution in [3.8, 4) is 5.75 Å². The van der Waals surface area contributed by atoms with Crippen LogP contribution in [0.25, 0.3) is 0 Å². The second-order valence-corrected chi connectivity index (χ2v) is 4.15. The number of halogens is 1. The van der Waals surface area contributed by atoms with Crippen LogP contribution in [-0.2, 0) is 0 Å². The van der Waals surface area contributed by atoms with Gasteiger partial charge in [-0.15, -0.1) is 0 Å². The zero-order valence-electron chi connectivity index (χ0n) is 8.76. The summed E-state index contributed by atoms with van der Waals surface area (Å²) in [5.74, 6) is 0.362. The Kier molecular flexibility index (Phi) is 3.39. The molecule has 0 unspecified atom stereocenters. The maximum absolute atomic E-state index is 11.8. The first kappa shape index (κ1) is 11.6. The molecule has 5 heteroatoms. The summed E-state index contributed by atoms with van der Waals surface area (Å²) in [5.41, 5.74) is 5.79. The van der Waals surface area contributed by atoms with Crippen molar-refractivity contribution in [3.63, 3.8) is 0 Å². The van der Waals surface area contributed by atoms with Crippen molar-refractivity contribution in [1.82, 2.24) is 4.98 Å². The largest absolute Gasteiger partial charge is 0.422 e. The van der Waals surface area contributed by atoms with Crippen LogP contribution in [0.3, 0.4) is 0 Å². The van der Waals surface area contributed by atoms with E-state index in [1.54, 1.807) is 30.3 Å². The van der Waals surface area contributed by atoms with Crippen molar-refractivity contribution in [2.24, 2.45) is 0 Å². The highest BCUT2D eigenvalue weighted by atomic mass is 79.9. The lowest BCUT2D eigenvalue weighted by molar-refractivity contribution is 0.0733. The number of nitrogens with zero attached hydrogens (tertiary/aromatic N) is 1. The number of benzene rings is 1. The molecule has 1 heterocycles. The predicted molar refractivity (Wildman–Crippen MR) is 67.7 cm³/mol. The van der Waals surface area contributed by atoms with Crippen molar-refractivity contribution < 1.29 is 9.53 Å². The molecule has 0 radical (unpaired) electrons. The van der Waals surface area contributed by atoms with Crippen molar-refractivity contribution in [1.29, 1.82) is 0 Å². The van der Waals surface area contributed by atoms with E-state index in [4.69, 9.17) is 10.5 Å². The van der Waals surface area contributed by atoms with Gasteiger partial charge in [0.25, 0.3) is 0 Å². The lowest BCUT2D eigenvalue weighted by atomic mass is 10.3. The number of esters is 1. The first-order valence-electron chi connectivity index (χ1n) is 4.85. The van der Waals surface area contributed by atoms with Crippen molar-refractivity contribution >= 4 is 27.7 Å². The van der Waals surface area contributed by atoms with E-state index in [9.17, 15) is 4.79 Å². The molecule has 0 atom stereocenters. The third kappa shape index (κ3) is 2.82. The van der Waals surface area contributed by atoms with E-state index in [-0.39, 0.29) is 0 Å². The molecule has 0 saturated heterocycles. The first-order valence-corrected chi connectivity index (χ1v) is 5.64. The number of pyridine rings is 1. The molecule has 0 aliphatic rings. The number of nitrogens with two attached hydrogens (primary N) is 1. The van der Waals surface area contributed by atoms with Gasteiger partial charge in [-0.3, -0.25) is 0 Å². The zero-order chi connectivity index (χ0) is 12.3. The standard InChI is InChI=1S/C12H9BrN2O2/c13-9-3-1-2-4-10(9)17-12(16)8-5-6-11(14)15-7-8/h1-7H,(H2,14,15). The molecule has 0 fully saturated rings. The Morgan fingerprint density at radius 3 is 2.65 bits per heavy atom. The molecule has 0 bridgehead atoms. The Hall–Kier alpha value is -1.88. The highest BCUT2D eigenvalue weighted by molar-refractivity contribution is 9.10. The molecule has 2 rings (SSSR count). The maximum atomic E-state index is 11.8. The summed E-state index contributed by atoms with van der Waals surface area (Å²) in [4.78, 5) is 15.6. The number of para-hydroxylation sites is 1. The normalized spacial score (nSPS) is 9.94. The number of carbonyl (C=O) groups excluding carboxylic acids is 1. The monoisotopic (exact) mass is 292 g/mol. The molecule has 2 N–H and O–H groups in total. The van der Waals surface area contributed by atoms with Crippen LogP contribution in [0.2, 0.25) is 0 Å². The van der Waals surface area contributed by atoms with Gasteiger partial charge in [-0.2, -0.15) is 0 Å². The van der Waals surface area contributed by atoms with Crippen LogP contribution >= 0.6 is 15.9 Å². The summed E-state index contributed by atoms with van der Waals surface area (Å²) in [7, 11) is 0. The average molecular weight is 293 g/mol. The number of ether oxygens (including phenoxy) is 1. The second kappa shape index (κ2) is 4.97. The molecular formula is C12H9BrN2O2. The van der Waals surface area contributed by atoms with Crippen molar-refractivity contribution in [3.05, 3.63) is 52.6 Å². The van der Waals surface area contributed by atoms with Crippen LogP contribution in [0.5, 0.6) is 5.75 Å². The minimum Gasteiger partial charge on any atom is -0.422 e. The number of carbonyl (C=O) groups is 1. The fourth-order valence-corrected chi connectivity index (χ4v) is 1.58. The topological polar surface area (TPSA) is 65.2 Å². The third-order valence-electron chi connectivity index (χ3n) is 2.06.